The fourth-order valence-corrected chi connectivity index (χ4v) is 1.49. The highest BCUT2D eigenvalue weighted by Gasteiger charge is 2.21. The minimum atomic E-state index is -0.557. The summed E-state index contributed by atoms with van der Waals surface area (Å²) in [5.74, 6) is 2.97. The van der Waals surface area contributed by atoms with Crippen molar-refractivity contribution in [2.45, 2.75) is 40.2 Å². The largest absolute Gasteiger partial charge is 0.492 e. The summed E-state index contributed by atoms with van der Waals surface area (Å²) in [6, 6.07) is 5.10. The lowest BCUT2D eigenvalue weighted by Crippen LogP contribution is -2.24. The molecule has 0 radical (unpaired) electrons. The van der Waals surface area contributed by atoms with E-state index in [2.05, 4.69) is 5.92 Å². The summed E-state index contributed by atoms with van der Waals surface area (Å²) in [4.78, 5) is 12.2. The van der Waals surface area contributed by atoms with Crippen LogP contribution in [0.3, 0.4) is 0 Å². The summed E-state index contributed by atoms with van der Waals surface area (Å²) in [6.45, 7) is 10.1. The summed E-state index contributed by atoms with van der Waals surface area (Å²) in [5, 5.41) is 0. The van der Waals surface area contributed by atoms with Gasteiger partial charge in [0.1, 0.15) is 16.9 Å². The number of benzene rings is 1. The highest BCUT2D eigenvalue weighted by Crippen LogP contribution is 2.23. The smallest absolute Gasteiger partial charge is 0.342 e. The Morgan fingerprint density at radius 2 is 2.00 bits per heavy atom. The van der Waals surface area contributed by atoms with Crippen molar-refractivity contribution in [3.05, 3.63) is 29.3 Å². The fourth-order valence-electron chi connectivity index (χ4n) is 1.49. The highest BCUT2D eigenvalue weighted by molar-refractivity contribution is 5.93. The molecule has 1 aromatic carbocycles. The molecule has 0 heterocycles. The van der Waals surface area contributed by atoms with Gasteiger partial charge in [0.2, 0.25) is 0 Å². The summed E-state index contributed by atoms with van der Waals surface area (Å²) in [5.41, 5.74) is 0.442. The second-order valence-corrected chi connectivity index (χ2v) is 6.06. The second kappa shape index (κ2) is 6.47. The van der Waals surface area contributed by atoms with Gasteiger partial charge in [0.25, 0.3) is 0 Å². The van der Waals surface area contributed by atoms with E-state index in [-0.39, 0.29) is 0 Å². The maximum absolute atomic E-state index is 12.2. The van der Waals surface area contributed by atoms with Crippen LogP contribution in [0, 0.1) is 18.3 Å². The molecule has 0 aliphatic rings. The van der Waals surface area contributed by atoms with E-state index in [0.29, 0.717) is 29.4 Å². The predicted molar refractivity (Wildman–Crippen MR) is 79.9 cm³/mol. The third kappa shape index (κ3) is 4.97. The van der Waals surface area contributed by atoms with Gasteiger partial charge in [0.15, 0.2) is 0 Å². The molecule has 0 unspecified atom stereocenters. The molecule has 20 heavy (non-hydrogen) atoms. The Balaban J connectivity index is 3.06. The molecule has 0 spiro atoms. The lowest BCUT2D eigenvalue weighted by atomic mass is 10.1. The third-order valence-electron chi connectivity index (χ3n) is 2.34. The Morgan fingerprint density at radius 3 is 2.50 bits per heavy atom. The molecule has 108 valence electrons. The molecule has 0 aromatic heterocycles. The van der Waals surface area contributed by atoms with Crippen molar-refractivity contribution < 1.29 is 14.3 Å². The van der Waals surface area contributed by atoms with Crippen LogP contribution in [0.2, 0.25) is 0 Å². The van der Waals surface area contributed by atoms with E-state index in [1.807, 2.05) is 34.6 Å². The maximum Gasteiger partial charge on any atom is 0.342 e. The number of hydrogen-bond donors (Lipinski definition) is 0. The SMILES string of the molecule is C#Cc1ccc(OCC(C)C)c(C(=O)OC(C)(C)C)c1. The zero-order chi connectivity index (χ0) is 15.3. The van der Waals surface area contributed by atoms with Crippen LogP contribution >= 0.6 is 0 Å². The number of terminal acetylenes is 1. The zero-order valence-corrected chi connectivity index (χ0v) is 12.8. The van der Waals surface area contributed by atoms with Gasteiger partial charge in [-0.3, -0.25) is 0 Å². The number of carbonyl (C=O) groups excluding carboxylic acids is 1. The van der Waals surface area contributed by atoms with Gasteiger partial charge in [-0.1, -0.05) is 19.8 Å². The number of rotatable bonds is 4. The van der Waals surface area contributed by atoms with Gasteiger partial charge in [-0.05, 0) is 44.9 Å². The molecule has 1 rings (SSSR count). The first-order chi connectivity index (χ1) is 9.23. The van der Waals surface area contributed by atoms with Crippen molar-refractivity contribution in [3.8, 4) is 18.1 Å². The van der Waals surface area contributed by atoms with Crippen LogP contribution < -0.4 is 4.74 Å². The zero-order valence-electron chi connectivity index (χ0n) is 12.8. The third-order valence-corrected chi connectivity index (χ3v) is 2.34. The normalized spacial score (nSPS) is 11.1. The Bertz CT molecular complexity index is 516. The summed E-state index contributed by atoms with van der Waals surface area (Å²) < 4.78 is 11.0. The average molecular weight is 274 g/mol. The molecule has 0 N–H and O–H groups in total. The minimum absolute atomic E-state index is 0.369. The molecule has 0 atom stereocenters. The molecule has 0 fully saturated rings. The number of hydrogen-bond acceptors (Lipinski definition) is 3. The molecular weight excluding hydrogens is 252 g/mol. The topological polar surface area (TPSA) is 35.5 Å². The standard InChI is InChI=1S/C17H22O3/c1-7-13-8-9-15(19-11-12(2)3)14(10-13)16(18)20-17(4,5)6/h1,8-10,12H,11H2,2-6H3. The Hall–Kier alpha value is -1.95. The van der Waals surface area contributed by atoms with Gasteiger partial charge in [-0.25, -0.2) is 4.79 Å². The first-order valence-electron chi connectivity index (χ1n) is 6.69. The van der Waals surface area contributed by atoms with Gasteiger partial charge in [0.05, 0.1) is 6.61 Å². The van der Waals surface area contributed by atoms with Crippen molar-refractivity contribution >= 4 is 5.97 Å². The van der Waals surface area contributed by atoms with Crippen molar-refractivity contribution in [2.75, 3.05) is 6.61 Å². The Labute approximate surface area is 121 Å². The minimum Gasteiger partial charge on any atom is -0.492 e. The molecule has 0 aliphatic carbocycles. The van der Waals surface area contributed by atoms with Crippen LogP contribution in [0.1, 0.15) is 50.5 Å². The summed E-state index contributed by atoms with van der Waals surface area (Å²) in [6.07, 6.45) is 5.38. The van der Waals surface area contributed by atoms with E-state index in [9.17, 15) is 4.79 Å². The van der Waals surface area contributed by atoms with E-state index in [0.717, 1.165) is 0 Å². The first-order valence-corrected chi connectivity index (χ1v) is 6.69. The van der Waals surface area contributed by atoms with Crippen LogP contribution in [0.4, 0.5) is 0 Å². The first kappa shape index (κ1) is 16.1. The number of esters is 1. The molecule has 0 amide bonds. The van der Waals surface area contributed by atoms with Crippen LogP contribution in [0.25, 0.3) is 0 Å². The molecular formula is C17H22O3. The Kier molecular flexibility index (Phi) is 5.21. The van der Waals surface area contributed by atoms with Crippen LogP contribution in [0.15, 0.2) is 18.2 Å². The number of carbonyl (C=O) groups is 1. The van der Waals surface area contributed by atoms with E-state index < -0.39 is 11.6 Å². The van der Waals surface area contributed by atoms with E-state index in [1.165, 1.54) is 0 Å². The van der Waals surface area contributed by atoms with Crippen molar-refractivity contribution in [2.24, 2.45) is 5.92 Å². The average Bonchev–Trinajstić information content (AvgIpc) is 2.34. The number of ether oxygens (including phenoxy) is 2. The Morgan fingerprint density at radius 1 is 1.35 bits per heavy atom. The van der Waals surface area contributed by atoms with Gasteiger partial charge >= 0.3 is 5.97 Å². The van der Waals surface area contributed by atoms with E-state index in [4.69, 9.17) is 15.9 Å². The van der Waals surface area contributed by atoms with Gasteiger partial charge in [-0.2, -0.15) is 0 Å². The molecule has 3 heteroatoms. The predicted octanol–water partition coefficient (Wildman–Crippen LogP) is 3.66. The van der Waals surface area contributed by atoms with Crippen LogP contribution in [-0.2, 0) is 4.74 Å². The molecule has 3 nitrogen and oxygen atoms in total. The summed E-state index contributed by atoms with van der Waals surface area (Å²) in [7, 11) is 0. The lowest BCUT2D eigenvalue weighted by Gasteiger charge is -2.21. The lowest BCUT2D eigenvalue weighted by molar-refractivity contribution is 0.00653. The monoisotopic (exact) mass is 274 g/mol. The summed E-state index contributed by atoms with van der Waals surface area (Å²) >= 11 is 0. The maximum atomic E-state index is 12.2. The second-order valence-electron chi connectivity index (χ2n) is 6.06. The fraction of sp³-hybridized carbons (Fsp3) is 0.471. The van der Waals surface area contributed by atoms with Crippen LogP contribution in [-0.4, -0.2) is 18.2 Å². The highest BCUT2D eigenvalue weighted by atomic mass is 16.6. The quantitative estimate of drug-likeness (QED) is 0.621. The molecule has 0 bridgehead atoms. The molecule has 0 saturated carbocycles. The van der Waals surface area contributed by atoms with Gasteiger partial charge < -0.3 is 9.47 Å². The van der Waals surface area contributed by atoms with Crippen molar-refractivity contribution in [1.82, 2.24) is 0 Å². The van der Waals surface area contributed by atoms with Crippen molar-refractivity contribution in [1.29, 1.82) is 0 Å². The van der Waals surface area contributed by atoms with Gasteiger partial charge in [-0.15, -0.1) is 6.42 Å². The van der Waals surface area contributed by atoms with Crippen molar-refractivity contribution in [3.63, 3.8) is 0 Å². The molecule has 1 aromatic rings. The van der Waals surface area contributed by atoms with Crippen LogP contribution in [0.5, 0.6) is 5.75 Å². The van der Waals surface area contributed by atoms with E-state index >= 15 is 0 Å². The van der Waals surface area contributed by atoms with E-state index in [1.54, 1.807) is 18.2 Å². The molecule has 0 aliphatic heterocycles. The van der Waals surface area contributed by atoms with Gasteiger partial charge in [0, 0.05) is 5.56 Å². The molecule has 0 saturated heterocycles.